The zero-order chi connectivity index (χ0) is 9.53. The number of ether oxygens (including phenoxy) is 2. The average molecular weight is 186 g/mol. The molecule has 1 saturated heterocycles. The third-order valence-corrected chi connectivity index (χ3v) is 3.02. The highest BCUT2D eigenvalue weighted by atomic mass is 16.7. The van der Waals surface area contributed by atoms with E-state index < -0.39 is 5.79 Å². The lowest BCUT2D eigenvalue weighted by Gasteiger charge is -2.19. The Hall–Kier alpha value is -0.120. The molecule has 0 aromatic rings. The summed E-state index contributed by atoms with van der Waals surface area (Å²) < 4.78 is 11.2. The zero-order valence-corrected chi connectivity index (χ0v) is 8.38. The van der Waals surface area contributed by atoms with Crippen molar-refractivity contribution in [1.82, 2.24) is 0 Å². The number of rotatable bonds is 3. The number of hydrogen-bond acceptors (Lipinski definition) is 3. The van der Waals surface area contributed by atoms with Gasteiger partial charge in [-0.3, -0.25) is 0 Å². The summed E-state index contributed by atoms with van der Waals surface area (Å²) in [6.07, 6.45) is 3.42. The maximum absolute atomic E-state index is 9.15. The Bertz CT molecular complexity index is 196. The molecule has 0 aromatic heterocycles. The molecule has 13 heavy (non-hydrogen) atoms. The van der Waals surface area contributed by atoms with E-state index in [4.69, 9.17) is 14.6 Å². The van der Waals surface area contributed by atoms with Crippen LogP contribution in [0.1, 0.15) is 33.1 Å². The molecule has 1 aliphatic heterocycles. The second-order valence-electron chi connectivity index (χ2n) is 4.81. The molecular weight excluding hydrogens is 168 g/mol. The molecule has 0 radical (unpaired) electrons. The van der Waals surface area contributed by atoms with Crippen molar-refractivity contribution in [3.8, 4) is 0 Å². The SMILES string of the molecule is CC1(C)OC[C@@H](CC2(CO)CC2)O1. The van der Waals surface area contributed by atoms with Gasteiger partial charge in [0.15, 0.2) is 5.79 Å². The Kier molecular flexibility index (Phi) is 2.13. The van der Waals surface area contributed by atoms with Gasteiger partial charge in [0.1, 0.15) is 0 Å². The van der Waals surface area contributed by atoms with E-state index in [1.165, 1.54) is 0 Å². The predicted molar refractivity (Wildman–Crippen MR) is 48.3 cm³/mol. The van der Waals surface area contributed by atoms with Crippen molar-refractivity contribution >= 4 is 0 Å². The second kappa shape index (κ2) is 2.94. The summed E-state index contributed by atoms with van der Waals surface area (Å²) in [5.41, 5.74) is 0.175. The van der Waals surface area contributed by atoms with Gasteiger partial charge in [-0.15, -0.1) is 0 Å². The van der Waals surface area contributed by atoms with Crippen LogP contribution in [0, 0.1) is 5.41 Å². The first-order valence-corrected chi connectivity index (χ1v) is 4.98. The molecule has 0 unspecified atom stereocenters. The molecule has 1 aliphatic carbocycles. The van der Waals surface area contributed by atoms with E-state index in [1.807, 2.05) is 13.8 Å². The summed E-state index contributed by atoms with van der Waals surface area (Å²) in [6, 6.07) is 0. The second-order valence-corrected chi connectivity index (χ2v) is 4.81. The van der Waals surface area contributed by atoms with E-state index in [0.717, 1.165) is 19.3 Å². The fraction of sp³-hybridized carbons (Fsp3) is 1.00. The standard InChI is InChI=1S/C10H18O3/c1-9(2)12-6-8(13-9)5-10(7-11)3-4-10/h8,11H,3-7H2,1-2H3/t8-/m1/s1. The molecule has 2 aliphatic rings. The first kappa shape index (κ1) is 9.44. The van der Waals surface area contributed by atoms with E-state index in [2.05, 4.69) is 0 Å². The Morgan fingerprint density at radius 1 is 1.38 bits per heavy atom. The molecular formula is C10H18O3. The molecule has 1 atom stereocenters. The summed E-state index contributed by atoms with van der Waals surface area (Å²) in [5.74, 6) is -0.420. The minimum absolute atomic E-state index is 0.175. The molecule has 76 valence electrons. The first-order chi connectivity index (χ1) is 6.05. The molecule has 0 aromatic carbocycles. The first-order valence-electron chi connectivity index (χ1n) is 4.98. The van der Waals surface area contributed by atoms with Crippen LogP contribution in [0.25, 0.3) is 0 Å². The summed E-state index contributed by atoms with van der Waals surface area (Å²) in [4.78, 5) is 0. The quantitative estimate of drug-likeness (QED) is 0.722. The number of hydrogen-bond donors (Lipinski definition) is 1. The van der Waals surface area contributed by atoms with Crippen molar-refractivity contribution in [2.75, 3.05) is 13.2 Å². The van der Waals surface area contributed by atoms with Crippen molar-refractivity contribution in [3.05, 3.63) is 0 Å². The van der Waals surface area contributed by atoms with Crippen LogP contribution in [0.5, 0.6) is 0 Å². The smallest absolute Gasteiger partial charge is 0.163 e. The van der Waals surface area contributed by atoms with Crippen LogP contribution in [0.2, 0.25) is 0 Å². The van der Waals surface area contributed by atoms with Crippen molar-refractivity contribution < 1.29 is 14.6 Å². The molecule has 1 N–H and O–H groups in total. The zero-order valence-electron chi connectivity index (χ0n) is 8.38. The Balaban J connectivity index is 1.84. The van der Waals surface area contributed by atoms with Gasteiger partial charge in [0.2, 0.25) is 0 Å². The van der Waals surface area contributed by atoms with E-state index in [0.29, 0.717) is 13.2 Å². The molecule has 0 spiro atoms. The molecule has 2 fully saturated rings. The van der Waals surface area contributed by atoms with E-state index >= 15 is 0 Å². The minimum atomic E-state index is -0.420. The van der Waals surface area contributed by atoms with Crippen molar-refractivity contribution in [2.24, 2.45) is 5.41 Å². The molecule has 1 saturated carbocycles. The Morgan fingerprint density at radius 2 is 2.08 bits per heavy atom. The topological polar surface area (TPSA) is 38.7 Å². The largest absolute Gasteiger partial charge is 0.396 e. The van der Waals surface area contributed by atoms with Crippen LogP contribution in [0.3, 0.4) is 0 Å². The average Bonchev–Trinajstić information content (AvgIpc) is 2.74. The molecule has 1 heterocycles. The Morgan fingerprint density at radius 3 is 2.46 bits per heavy atom. The molecule has 2 rings (SSSR count). The van der Waals surface area contributed by atoms with Crippen molar-refractivity contribution in [1.29, 1.82) is 0 Å². The van der Waals surface area contributed by atoms with E-state index in [1.54, 1.807) is 0 Å². The van der Waals surface area contributed by atoms with Crippen LogP contribution < -0.4 is 0 Å². The minimum Gasteiger partial charge on any atom is -0.396 e. The van der Waals surface area contributed by atoms with Crippen LogP contribution in [0.4, 0.5) is 0 Å². The van der Waals surface area contributed by atoms with Gasteiger partial charge in [0, 0.05) is 6.61 Å². The van der Waals surface area contributed by atoms with Crippen LogP contribution in [-0.2, 0) is 9.47 Å². The van der Waals surface area contributed by atoms with Gasteiger partial charge in [-0.25, -0.2) is 0 Å². The van der Waals surface area contributed by atoms with E-state index in [-0.39, 0.29) is 11.5 Å². The Labute approximate surface area is 79.0 Å². The van der Waals surface area contributed by atoms with Crippen molar-refractivity contribution in [3.63, 3.8) is 0 Å². The third kappa shape index (κ3) is 2.03. The maximum atomic E-state index is 9.15. The lowest BCUT2D eigenvalue weighted by atomic mass is 10.0. The fourth-order valence-electron chi connectivity index (χ4n) is 1.95. The van der Waals surface area contributed by atoms with Gasteiger partial charge < -0.3 is 14.6 Å². The van der Waals surface area contributed by atoms with Crippen LogP contribution in [-0.4, -0.2) is 30.2 Å². The summed E-state index contributed by atoms with van der Waals surface area (Å²) in [6.45, 7) is 4.85. The lowest BCUT2D eigenvalue weighted by molar-refractivity contribution is -0.141. The lowest BCUT2D eigenvalue weighted by Crippen LogP contribution is -2.24. The number of aliphatic hydroxyl groups is 1. The third-order valence-electron chi connectivity index (χ3n) is 3.02. The normalized spacial score (nSPS) is 34.8. The highest BCUT2D eigenvalue weighted by Gasteiger charge is 2.46. The summed E-state index contributed by atoms with van der Waals surface area (Å²) in [5, 5.41) is 9.15. The summed E-state index contributed by atoms with van der Waals surface area (Å²) >= 11 is 0. The highest BCUT2D eigenvalue weighted by Crippen LogP contribution is 2.50. The van der Waals surface area contributed by atoms with Gasteiger partial charge >= 0.3 is 0 Å². The highest BCUT2D eigenvalue weighted by molar-refractivity contribution is 4.95. The monoisotopic (exact) mass is 186 g/mol. The van der Waals surface area contributed by atoms with Crippen LogP contribution >= 0.6 is 0 Å². The van der Waals surface area contributed by atoms with Gasteiger partial charge in [0.05, 0.1) is 12.7 Å². The molecule has 3 nitrogen and oxygen atoms in total. The summed E-state index contributed by atoms with van der Waals surface area (Å²) in [7, 11) is 0. The van der Waals surface area contributed by atoms with Gasteiger partial charge in [0.25, 0.3) is 0 Å². The molecule has 0 bridgehead atoms. The maximum Gasteiger partial charge on any atom is 0.163 e. The predicted octanol–water partition coefficient (Wildman–Crippen LogP) is 1.30. The van der Waals surface area contributed by atoms with Gasteiger partial charge in [-0.2, -0.15) is 0 Å². The fourth-order valence-corrected chi connectivity index (χ4v) is 1.95. The van der Waals surface area contributed by atoms with Gasteiger partial charge in [-0.1, -0.05) is 0 Å². The van der Waals surface area contributed by atoms with Gasteiger partial charge in [-0.05, 0) is 38.5 Å². The van der Waals surface area contributed by atoms with Crippen molar-refractivity contribution in [2.45, 2.75) is 45.0 Å². The molecule has 0 amide bonds. The number of aliphatic hydroxyl groups excluding tert-OH is 1. The molecule has 3 heteroatoms. The van der Waals surface area contributed by atoms with Crippen LogP contribution in [0.15, 0.2) is 0 Å². The van der Waals surface area contributed by atoms with E-state index in [9.17, 15) is 0 Å².